The summed E-state index contributed by atoms with van der Waals surface area (Å²) in [6.07, 6.45) is 1.80. The van der Waals surface area contributed by atoms with Crippen LogP contribution in [0, 0.1) is 0 Å². The number of benzene rings is 1. The summed E-state index contributed by atoms with van der Waals surface area (Å²) >= 11 is 1.30. The average Bonchev–Trinajstić information content (AvgIpc) is 2.80. The van der Waals surface area contributed by atoms with Crippen molar-refractivity contribution in [3.8, 4) is 0 Å². The van der Waals surface area contributed by atoms with Crippen molar-refractivity contribution < 1.29 is 14.1 Å². The molecule has 1 aromatic carbocycles. The van der Waals surface area contributed by atoms with Crippen molar-refractivity contribution in [3.05, 3.63) is 40.1 Å². The fourth-order valence-corrected chi connectivity index (χ4v) is 3.05. The van der Waals surface area contributed by atoms with Crippen LogP contribution in [0.5, 0.6) is 0 Å². The molecule has 0 aliphatic carbocycles. The molecule has 0 atom stereocenters. The van der Waals surface area contributed by atoms with E-state index in [1.807, 2.05) is 24.3 Å². The highest BCUT2D eigenvalue weighted by Crippen LogP contribution is 2.18. The lowest BCUT2D eigenvalue weighted by Gasteiger charge is -2.03. The number of methoxy groups -OCH3 is 1. The molecule has 0 bridgehead atoms. The minimum atomic E-state index is -0.631. The maximum Gasteiger partial charge on any atom is 0.355 e. The summed E-state index contributed by atoms with van der Waals surface area (Å²) in [5, 5.41) is 3.61. The first-order chi connectivity index (χ1) is 10.1. The van der Waals surface area contributed by atoms with Crippen LogP contribution in [0.15, 0.2) is 34.1 Å². The number of aromatic nitrogens is 3. The number of carbonyl (C=O) groups excluding carboxylic acids is 1. The van der Waals surface area contributed by atoms with E-state index >= 15 is 0 Å². The first-order valence-electron chi connectivity index (χ1n) is 6.28. The molecule has 2 aromatic heterocycles. The van der Waals surface area contributed by atoms with E-state index in [0.29, 0.717) is 10.7 Å². The molecule has 0 spiro atoms. The number of thioether (sulfide) groups is 1. The van der Waals surface area contributed by atoms with Gasteiger partial charge in [-0.05, 0) is 18.4 Å². The van der Waals surface area contributed by atoms with Gasteiger partial charge in [0.15, 0.2) is 5.52 Å². The summed E-state index contributed by atoms with van der Waals surface area (Å²) in [4.78, 5) is 24.6. The van der Waals surface area contributed by atoms with Gasteiger partial charge in [0, 0.05) is 0 Å². The molecule has 0 unspecified atom stereocenters. The van der Waals surface area contributed by atoms with E-state index in [1.165, 1.54) is 18.9 Å². The number of hydrogen-bond donors (Lipinski definition) is 1. The standard InChI is InChI=1S/C14H13N3O3S/c1-16-8-6-4-5-7-9(8)17-13(16)11(18)10(14(19)20-2)12(15-17)21-3/h4-7H,1-3H3/p+1. The molecular formula is C14H14N3O3S+. The first kappa shape index (κ1) is 13.7. The van der Waals surface area contributed by atoms with Crippen molar-refractivity contribution in [1.82, 2.24) is 9.61 Å². The Morgan fingerprint density at radius 1 is 1.38 bits per heavy atom. The number of para-hydroxylation sites is 2. The number of rotatable bonds is 2. The number of nitrogens with zero attached hydrogens (tertiary/aromatic N) is 2. The van der Waals surface area contributed by atoms with Crippen LogP contribution in [0.25, 0.3) is 16.7 Å². The van der Waals surface area contributed by atoms with E-state index in [0.717, 1.165) is 11.0 Å². The number of esters is 1. The predicted molar refractivity (Wildman–Crippen MR) is 79.8 cm³/mol. The third kappa shape index (κ3) is 1.84. The molecule has 6 nitrogen and oxygen atoms in total. The minimum absolute atomic E-state index is 0.0379. The van der Waals surface area contributed by atoms with Gasteiger partial charge in [-0.25, -0.2) is 14.5 Å². The van der Waals surface area contributed by atoms with Crippen molar-refractivity contribution in [1.29, 1.82) is 0 Å². The molecule has 0 saturated heterocycles. The number of fused-ring (bicyclic) bond motifs is 3. The Balaban J connectivity index is 2.56. The van der Waals surface area contributed by atoms with Gasteiger partial charge < -0.3 is 4.74 Å². The highest BCUT2D eigenvalue weighted by molar-refractivity contribution is 7.98. The molecule has 2 heterocycles. The summed E-state index contributed by atoms with van der Waals surface area (Å²) in [6.45, 7) is 0. The fraction of sp³-hybridized carbons (Fsp3) is 0.214. The number of aromatic amines is 1. The second-order valence-electron chi connectivity index (χ2n) is 4.55. The zero-order chi connectivity index (χ0) is 15.1. The third-order valence-corrected chi connectivity index (χ3v) is 4.18. The van der Waals surface area contributed by atoms with Crippen molar-refractivity contribution in [2.24, 2.45) is 7.05 Å². The van der Waals surface area contributed by atoms with Gasteiger partial charge >= 0.3 is 11.6 Å². The van der Waals surface area contributed by atoms with Gasteiger partial charge in [0.25, 0.3) is 5.43 Å². The van der Waals surface area contributed by atoms with Crippen LogP contribution in [0.4, 0.5) is 0 Å². The lowest BCUT2D eigenvalue weighted by Crippen LogP contribution is -2.35. The lowest BCUT2D eigenvalue weighted by molar-refractivity contribution is -0.619. The minimum Gasteiger partial charge on any atom is -0.465 e. The molecule has 3 aromatic rings. The second kappa shape index (κ2) is 4.92. The SMILES string of the molecule is COC(=O)c1c(SC)[nH]n2c3ccccc3[n+](C)c2c1=O. The van der Waals surface area contributed by atoms with Gasteiger partial charge in [0.05, 0.1) is 14.2 Å². The number of aryl methyl sites for hydroxylation is 1. The van der Waals surface area contributed by atoms with Crippen LogP contribution >= 0.6 is 11.8 Å². The lowest BCUT2D eigenvalue weighted by atomic mass is 10.3. The molecule has 7 heteroatoms. The zero-order valence-electron chi connectivity index (χ0n) is 11.8. The van der Waals surface area contributed by atoms with Crippen LogP contribution in [0.3, 0.4) is 0 Å². The van der Waals surface area contributed by atoms with Gasteiger partial charge in [-0.2, -0.15) is 0 Å². The molecular weight excluding hydrogens is 290 g/mol. The van der Waals surface area contributed by atoms with E-state index in [2.05, 4.69) is 5.10 Å². The smallest absolute Gasteiger partial charge is 0.355 e. The summed E-state index contributed by atoms with van der Waals surface area (Å²) in [7, 11) is 3.07. The Kier molecular flexibility index (Phi) is 3.21. The number of hydrogen-bond acceptors (Lipinski definition) is 4. The van der Waals surface area contributed by atoms with Crippen LogP contribution in [0.1, 0.15) is 10.4 Å². The van der Waals surface area contributed by atoms with Gasteiger partial charge in [-0.3, -0.25) is 4.79 Å². The number of H-pyrrole nitrogens is 1. The van der Waals surface area contributed by atoms with Crippen LogP contribution in [-0.4, -0.2) is 28.9 Å². The summed E-state index contributed by atoms with van der Waals surface area (Å²) < 4.78 is 8.20. The van der Waals surface area contributed by atoms with E-state index < -0.39 is 5.97 Å². The molecule has 0 saturated carbocycles. The number of nitrogens with one attached hydrogen (secondary N) is 1. The van der Waals surface area contributed by atoms with Crippen LogP contribution < -0.4 is 10.00 Å². The van der Waals surface area contributed by atoms with Crippen molar-refractivity contribution in [2.45, 2.75) is 5.03 Å². The highest BCUT2D eigenvalue weighted by Gasteiger charge is 2.28. The molecule has 0 aliphatic heterocycles. The number of carbonyl (C=O) groups is 1. The Labute approximate surface area is 124 Å². The van der Waals surface area contributed by atoms with Gasteiger partial charge in [-0.15, -0.1) is 16.3 Å². The quantitative estimate of drug-likeness (QED) is 0.437. The van der Waals surface area contributed by atoms with E-state index in [1.54, 1.807) is 22.4 Å². The molecule has 3 rings (SSSR count). The molecule has 1 N–H and O–H groups in total. The topological polar surface area (TPSA) is 67.5 Å². The van der Waals surface area contributed by atoms with Gasteiger partial charge in [0.1, 0.15) is 10.6 Å². The molecule has 108 valence electrons. The predicted octanol–water partition coefficient (Wildman–Crippen LogP) is 1.11. The maximum atomic E-state index is 12.7. The molecule has 0 radical (unpaired) electrons. The largest absolute Gasteiger partial charge is 0.465 e. The molecule has 0 fully saturated rings. The Hall–Kier alpha value is -2.28. The van der Waals surface area contributed by atoms with Gasteiger partial charge in [-0.1, -0.05) is 12.1 Å². The average molecular weight is 304 g/mol. The van der Waals surface area contributed by atoms with Crippen molar-refractivity contribution in [3.63, 3.8) is 0 Å². The maximum absolute atomic E-state index is 12.7. The normalized spacial score (nSPS) is 11.2. The fourth-order valence-electron chi connectivity index (χ4n) is 2.49. The van der Waals surface area contributed by atoms with E-state index in [4.69, 9.17) is 4.74 Å². The van der Waals surface area contributed by atoms with Gasteiger partial charge in [0.2, 0.25) is 5.52 Å². The summed E-state index contributed by atoms with van der Waals surface area (Å²) in [5.41, 5.74) is 1.87. The monoisotopic (exact) mass is 304 g/mol. The van der Waals surface area contributed by atoms with Crippen molar-refractivity contribution >= 4 is 34.4 Å². The van der Waals surface area contributed by atoms with E-state index in [9.17, 15) is 9.59 Å². The third-order valence-electron chi connectivity index (χ3n) is 3.48. The molecule has 0 amide bonds. The van der Waals surface area contributed by atoms with Crippen LogP contribution in [0.2, 0.25) is 0 Å². The summed E-state index contributed by atoms with van der Waals surface area (Å²) in [5.74, 6) is -0.631. The van der Waals surface area contributed by atoms with Crippen molar-refractivity contribution in [2.75, 3.05) is 13.4 Å². The Bertz CT molecular complexity index is 926. The highest BCUT2D eigenvalue weighted by atomic mass is 32.2. The molecule has 21 heavy (non-hydrogen) atoms. The Morgan fingerprint density at radius 3 is 2.76 bits per heavy atom. The number of imidazole rings is 1. The molecule has 0 aliphatic rings. The summed E-state index contributed by atoms with van der Waals surface area (Å²) in [6, 6.07) is 7.65. The number of ether oxygens (including phenoxy) is 1. The second-order valence-corrected chi connectivity index (χ2v) is 5.36. The van der Waals surface area contributed by atoms with Crippen LogP contribution in [-0.2, 0) is 11.8 Å². The van der Waals surface area contributed by atoms with E-state index in [-0.39, 0.29) is 11.0 Å². The zero-order valence-corrected chi connectivity index (χ0v) is 12.7. The first-order valence-corrected chi connectivity index (χ1v) is 7.50. The Morgan fingerprint density at radius 2 is 2.10 bits per heavy atom.